The second-order valence-corrected chi connectivity index (χ2v) is 6.94. The molecule has 0 aromatic rings. The summed E-state index contributed by atoms with van der Waals surface area (Å²) in [5, 5.41) is 0. The predicted octanol–water partition coefficient (Wildman–Crippen LogP) is -0.320. The van der Waals surface area contributed by atoms with Crippen LogP contribution >= 0.6 is 0 Å². The van der Waals surface area contributed by atoms with E-state index in [0.29, 0.717) is 19.4 Å². The second kappa shape index (κ2) is 7.03. The van der Waals surface area contributed by atoms with E-state index in [9.17, 15) is 18.0 Å². The van der Waals surface area contributed by atoms with Crippen molar-refractivity contribution in [2.45, 2.75) is 19.8 Å². The highest BCUT2D eigenvalue weighted by Crippen LogP contribution is 2.20. The van der Waals surface area contributed by atoms with Crippen LogP contribution in [0.15, 0.2) is 0 Å². The van der Waals surface area contributed by atoms with Crippen molar-refractivity contribution in [1.82, 2.24) is 9.21 Å². The molecule has 8 heteroatoms. The second-order valence-electron chi connectivity index (χ2n) is 4.96. The van der Waals surface area contributed by atoms with Gasteiger partial charge in [-0.25, -0.2) is 12.7 Å². The average molecular weight is 306 g/mol. The van der Waals surface area contributed by atoms with Crippen molar-refractivity contribution in [3.8, 4) is 0 Å². The molecule has 116 valence electrons. The number of esters is 1. The van der Waals surface area contributed by atoms with E-state index >= 15 is 0 Å². The standard InChI is InChI=1S/C12H22N2O5S/c1-4-19-11(15)9-13(2)12(16)10-6-5-7-14(8-10)20(3,17)18/h10H,4-9H2,1-3H3. The molecule has 20 heavy (non-hydrogen) atoms. The van der Waals surface area contributed by atoms with Crippen molar-refractivity contribution in [2.75, 3.05) is 39.5 Å². The summed E-state index contributed by atoms with van der Waals surface area (Å²) in [6.45, 7) is 2.49. The van der Waals surface area contributed by atoms with E-state index in [-0.39, 0.29) is 25.6 Å². The Balaban J connectivity index is 2.60. The molecule has 1 atom stereocenters. The molecule has 0 bridgehead atoms. The van der Waals surface area contributed by atoms with Crippen LogP contribution in [0.3, 0.4) is 0 Å². The molecule has 1 heterocycles. The first kappa shape index (κ1) is 16.9. The summed E-state index contributed by atoms with van der Waals surface area (Å²) in [6, 6.07) is 0. The minimum atomic E-state index is -3.28. The Morgan fingerprint density at radius 2 is 2.05 bits per heavy atom. The minimum Gasteiger partial charge on any atom is -0.465 e. The van der Waals surface area contributed by atoms with Crippen LogP contribution in [0.2, 0.25) is 0 Å². The van der Waals surface area contributed by atoms with Gasteiger partial charge in [0.05, 0.1) is 18.8 Å². The minimum absolute atomic E-state index is 0.109. The lowest BCUT2D eigenvalue weighted by molar-refractivity contribution is -0.149. The largest absolute Gasteiger partial charge is 0.465 e. The van der Waals surface area contributed by atoms with Gasteiger partial charge in [-0.2, -0.15) is 0 Å². The van der Waals surface area contributed by atoms with Gasteiger partial charge < -0.3 is 9.64 Å². The number of hydrogen-bond acceptors (Lipinski definition) is 5. The summed E-state index contributed by atoms with van der Waals surface area (Å²) in [5.74, 6) is -1.07. The van der Waals surface area contributed by atoms with Gasteiger partial charge in [-0.3, -0.25) is 9.59 Å². The Kier molecular flexibility index (Phi) is 5.94. The third-order valence-corrected chi connectivity index (χ3v) is 4.52. The van der Waals surface area contributed by atoms with Gasteiger partial charge in [0.15, 0.2) is 0 Å². The number of piperidine rings is 1. The van der Waals surface area contributed by atoms with Gasteiger partial charge in [0.1, 0.15) is 6.54 Å². The molecule has 1 saturated heterocycles. The van der Waals surface area contributed by atoms with Crippen LogP contribution in [-0.2, 0) is 24.3 Å². The predicted molar refractivity (Wildman–Crippen MR) is 73.4 cm³/mol. The molecule has 1 aliphatic heterocycles. The van der Waals surface area contributed by atoms with Crippen LogP contribution in [0.25, 0.3) is 0 Å². The highest BCUT2D eigenvalue weighted by atomic mass is 32.2. The molecule has 0 aromatic heterocycles. The van der Waals surface area contributed by atoms with E-state index in [4.69, 9.17) is 4.74 Å². The summed E-state index contributed by atoms with van der Waals surface area (Å²) >= 11 is 0. The fourth-order valence-electron chi connectivity index (χ4n) is 2.24. The van der Waals surface area contributed by atoms with Gasteiger partial charge in [0, 0.05) is 20.1 Å². The maximum atomic E-state index is 12.2. The highest BCUT2D eigenvalue weighted by molar-refractivity contribution is 7.88. The van der Waals surface area contributed by atoms with Crippen molar-refractivity contribution >= 4 is 21.9 Å². The highest BCUT2D eigenvalue weighted by Gasteiger charge is 2.32. The third kappa shape index (κ3) is 4.75. The van der Waals surface area contributed by atoms with Crippen molar-refractivity contribution in [2.24, 2.45) is 5.92 Å². The zero-order valence-electron chi connectivity index (χ0n) is 12.2. The Labute approximate surface area is 119 Å². The molecular weight excluding hydrogens is 284 g/mol. The van der Waals surface area contributed by atoms with Gasteiger partial charge in [-0.15, -0.1) is 0 Å². The fourth-order valence-corrected chi connectivity index (χ4v) is 3.15. The van der Waals surface area contributed by atoms with E-state index < -0.39 is 21.9 Å². The number of sulfonamides is 1. The number of nitrogens with zero attached hydrogens (tertiary/aromatic N) is 2. The first-order valence-corrected chi connectivity index (χ1v) is 8.46. The molecule has 1 rings (SSSR count). The van der Waals surface area contributed by atoms with Crippen molar-refractivity contribution in [1.29, 1.82) is 0 Å². The van der Waals surface area contributed by atoms with Crippen LogP contribution in [0.4, 0.5) is 0 Å². The maximum absolute atomic E-state index is 12.2. The number of ether oxygens (including phenoxy) is 1. The first-order chi connectivity index (χ1) is 9.25. The topological polar surface area (TPSA) is 84.0 Å². The Hall–Kier alpha value is -1.15. The molecular formula is C12H22N2O5S. The van der Waals surface area contributed by atoms with Gasteiger partial charge in [0.2, 0.25) is 15.9 Å². The Morgan fingerprint density at radius 3 is 2.60 bits per heavy atom. The summed E-state index contributed by atoms with van der Waals surface area (Å²) in [5.41, 5.74) is 0. The maximum Gasteiger partial charge on any atom is 0.325 e. The number of carbonyl (C=O) groups excluding carboxylic acids is 2. The molecule has 0 radical (unpaired) electrons. The molecule has 1 unspecified atom stereocenters. The summed E-state index contributed by atoms with van der Waals surface area (Å²) in [6.07, 6.45) is 2.43. The number of likely N-dealkylation sites (N-methyl/N-ethyl adjacent to an activating group) is 1. The first-order valence-electron chi connectivity index (χ1n) is 6.61. The fraction of sp³-hybridized carbons (Fsp3) is 0.833. The van der Waals surface area contributed by atoms with E-state index in [2.05, 4.69) is 0 Å². The van der Waals surface area contributed by atoms with Gasteiger partial charge in [-0.05, 0) is 19.8 Å². The SMILES string of the molecule is CCOC(=O)CN(C)C(=O)C1CCCN(S(C)(=O)=O)C1. The van der Waals surface area contributed by atoms with E-state index in [0.717, 1.165) is 6.26 Å². The third-order valence-electron chi connectivity index (χ3n) is 3.25. The van der Waals surface area contributed by atoms with Crippen molar-refractivity contribution in [3.63, 3.8) is 0 Å². The number of rotatable bonds is 5. The molecule has 1 amide bonds. The normalized spacial score (nSPS) is 20.4. The Morgan fingerprint density at radius 1 is 1.40 bits per heavy atom. The van der Waals surface area contributed by atoms with Crippen LogP contribution in [-0.4, -0.2) is 69.0 Å². The van der Waals surface area contributed by atoms with Gasteiger partial charge in [-0.1, -0.05) is 0 Å². The molecule has 1 fully saturated rings. The van der Waals surface area contributed by atoms with E-state index in [1.807, 2.05) is 0 Å². The van der Waals surface area contributed by atoms with Crippen LogP contribution < -0.4 is 0 Å². The van der Waals surface area contributed by atoms with Gasteiger partial charge >= 0.3 is 5.97 Å². The van der Waals surface area contributed by atoms with Crippen LogP contribution in [0, 0.1) is 5.92 Å². The number of amides is 1. The lowest BCUT2D eigenvalue weighted by atomic mass is 9.98. The number of hydrogen-bond donors (Lipinski definition) is 0. The summed E-state index contributed by atoms with van der Waals surface area (Å²) in [4.78, 5) is 24.8. The van der Waals surface area contributed by atoms with Gasteiger partial charge in [0.25, 0.3) is 0 Å². The molecule has 0 N–H and O–H groups in total. The molecule has 0 aliphatic carbocycles. The van der Waals surface area contributed by atoms with Crippen LogP contribution in [0.1, 0.15) is 19.8 Å². The van der Waals surface area contributed by atoms with Crippen molar-refractivity contribution in [3.05, 3.63) is 0 Å². The summed E-state index contributed by atoms with van der Waals surface area (Å²) in [7, 11) is -1.75. The molecule has 0 spiro atoms. The molecule has 0 aromatic carbocycles. The molecule has 7 nitrogen and oxygen atoms in total. The molecule has 0 saturated carbocycles. The van der Waals surface area contributed by atoms with E-state index in [1.165, 1.54) is 16.3 Å². The monoisotopic (exact) mass is 306 g/mol. The quantitative estimate of drug-likeness (QED) is 0.650. The summed E-state index contributed by atoms with van der Waals surface area (Å²) < 4.78 is 29.1. The smallest absolute Gasteiger partial charge is 0.325 e. The average Bonchev–Trinajstić information content (AvgIpc) is 2.37. The zero-order chi connectivity index (χ0) is 15.3. The van der Waals surface area contributed by atoms with Crippen molar-refractivity contribution < 1.29 is 22.7 Å². The molecule has 1 aliphatic rings. The number of carbonyl (C=O) groups is 2. The van der Waals surface area contributed by atoms with E-state index in [1.54, 1.807) is 6.92 Å². The zero-order valence-corrected chi connectivity index (χ0v) is 13.0. The lowest BCUT2D eigenvalue weighted by Crippen LogP contribution is -2.46. The van der Waals surface area contributed by atoms with Crippen LogP contribution in [0.5, 0.6) is 0 Å². The lowest BCUT2D eigenvalue weighted by Gasteiger charge is -2.32. The Bertz CT molecular complexity index is 462.